The van der Waals surface area contributed by atoms with Crippen LogP contribution in [0, 0.1) is 11.8 Å². The molecule has 0 saturated carbocycles. The molecule has 0 spiro atoms. The van der Waals surface area contributed by atoms with Crippen LogP contribution in [0.2, 0.25) is 0 Å². The molecular weight excluding hydrogens is 208 g/mol. The van der Waals surface area contributed by atoms with Gasteiger partial charge in [-0.3, -0.25) is 4.79 Å². The average Bonchev–Trinajstić information content (AvgIpc) is 2.15. The Morgan fingerprint density at radius 1 is 1.33 bits per heavy atom. The first-order valence-electron chi connectivity index (χ1n) is 5.52. The summed E-state index contributed by atoms with van der Waals surface area (Å²) < 4.78 is 0. The number of thiocarbonyl (C=S) groups is 1. The van der Waals surface area contributed by atoms with E-state index < -0.39 is 0 Å². The van der Waals surface area contributed by atoms with E-state index in [4.69, 9.17) is 18.0 Å². The summed E-state index contributed by atoms with van der Waals surface area (Å²) in [7, 11) is 0. The highest BCUT2D eigenvalue weighted by atomic mass is 32.1. The Balaban J connectivity index is 3.51. The lowest BCUT2D eigenvalue weighted by atomic mass is 10.1. The van der Waals surface area contributed by atoms with Crippen LogP contribution >= 0.6 is 12.2 Å². The number of hydrogen-bond donors (Lipinski definition) is 2. The highest BCUT2D eigenvalue weighted by Gasteiger charge is 2.14. The third-order valence-corrected chi connectivity index (χ3v) is 2.68. The largest absolute Gasteiger partial charge is 0.393 e. The van der Waals surface area contributed by atoms with Gasteiger partial charge in [-0.15, -0.1) is 0 Å². The summed E-state index contributed by atoms with van der Waals surface area (Å²) in [4.78, 5) is 11.7. The molecule has 3 nitrogen and oxygen atoms in total. The van der Waals surface area contributed by atoms with E-state index in [0.29, 0.717) is 0 Å². The van der Waals surface area contributed by atoms with Gasteiger partial charge in [-0.1, -0.05) is 38.9 Å². The first-order valence-corrected chi connectivity index (χ1v) is 5.93. The second kappa shape index (κ2) is 7.63. The second-order valence-corrected chi connectivity index (χ2v) is 4.78. The molecule has 0 aromatic rings. The van der Waals surface area contributed by atoms with Crippen molar-refractivity contribution < 1.29 is 4.79 Å². The Kier molecular flexibility index (Phi) is 7.30. The van der Waals surface area contributed by atoms with Crippen LogP contribution in [0.15, 0.2) is 0 Å². The van der Waals surface area contributed by atoms with Crippen molar-refractivity contribution in [1.29, 1.82) is 0 Å². The standard InChI is InChI=1S/C11H22N2OS/c1-8(2)6-4-5-7-13-11(14)9(3)10(12)15/h8-9H,4-7H2,1-3H3,(H2,12,15)(H,13,14). The maximum Gasteiger partial charge on any atom is 0.229 e. The molecule has 0 rings (SSSR count). The molecule has 0 fully saturated rings. The molecule has 0 aliphatic rings. The quantitative estimate of drug-likeness (QED) is 0.518. The fraction of sp³-hybridized carbons (Fsp3) is 0.818. The summed E-state index contributed by atoms with van der Waals surface area (Å²) in [6, 6.07) is 0. The molecule has 0 aliphatic carbocycles. The molecule has 0 bridgehead atoms. The summed E-state index contributed by atoms with van der Waals surface area (Å²) >= 11 is 4.75. The van der Waals surface area contributed by atoms with Gasteiger partial charge in [-0.2, -0.15) is 0 Å². The van der Waals surface area contributed by atoms with E-state index >= 15 is 0 Å². The smallest absolute Gasteiger partial charge is 0.229 e. The fourth-order valence-corrected chi connectivity index (χ4v) is 1.28. The van der Waals surface area contributed by atoms with Crippen molar-refractivity contribution in [2.24, 2.45) is 17.6 Å². The minimum Gasteiger partial charge on any atom is -0.393 e. The molecule has 88 valence electrons. The summed E-state index contributed by atoms with van der Waals surface area (Å²) in [5.74, 6) is 0.313. The molecule has 0 aliphatic heterocycles. The van der Waals surface area contributed by atoms with E-state index in [1.165, 1.54) is 6.42 Å². The minimum atomic E-state index is -0.356. The molecule has 15 heavy (non-hydrogen) atoms. The lowest BCUT2D eigenvalue weighted by Crippen LogP contribution is -2.36. The summed E-state index contributed by atoms with van der Waals surface area (Å²) in [5, 5.41) is 2.83. The average molecular weight is 230 g/mol. The van der Waals surface area contributed by atoms with Gasteiger partial charge in [0.05, 0.1) is 10.9 Å². The van der Waals surface area contributed by atoms with Gasteiger partial charge in [-0.05, 0) is 19.3 Å². The lowest BCUT2D eigenvalue weighted by molar-refractivity contribution is -0.122. The van der Waals surface area contributed by atoms with Crippen molar-refractivity contribution in [2.45, 2.75) is 40.0 Å². The summed E-state index contributed by atoms with van der Waals surface area (Å²) in [6.07, 6.45) is 3.38. The van der Waals surface area contributed by atoms with E-state index in [2.05, 4.69) is 19.2 Å². The topological polar surface area (TPSA) is 55.1 Å². The minimum absolute atomic E-state index is 0.0629. The van der Waals surface area contributed by atoms with Crippen LogP contribution in [0.5, 0.6) is 0 Å². The van der Waals surface area contributed by atoms with Crippen LogP contribution < -0.4 is 11.1 Å². The van der Waals surface area contributed by atoms with E-state index in [1.807, 2.05) is 0 Å². The zero-order chi connectivity index (χ0) is 11.8. The van der Waals surface area contributed by atoms with E-state index in [0.717, 1.165) is 25.3 Å². The Hall–Kier alpha value is -0.640. The van der Waals surface area contributed by atoms with Crippen molar-refractivity contribution in [3.63, 3.8) is 0 Å². The molecule has 4 heteroatoms. The van der Waals surface area contributed by atoms with Gasteiger partial charge >= 0.3 is 0 Å². The summed E-state index contributed by atoms with van der Waals surface area (Å²) in [6.45, 7) is 6.85. The molecular formula is C11H22N2OS. The Morgan fingerprint density at radius 2 is 1.93 bits per heavy atom. The van der Waals surface area contributed by atoms with Crippen molar-refractivity contribution in [2.75, 3.05) is 6.54 Å². The number of rotatable bonds is 7. The van der Waals surface area contributed by atoms with Crippen LogP contribution in [-0.4, -0.2) is 17.4 Å². The number of hydrogen-bond acceptors (Lipinski definition) is 2. The Morgan fingerprint density at radius 3 is 2.40 bits per heavy atom. The maximum absolute atomic E-state index is 11.4. The third kappa shape index (κ3) is 7.31. The molecule has 0 saturated heterocycles. The zero-order valence-corrected chi connectivity index (χ0v) is 10.7. The van der Waals surface area contributed by atoms with Crippen LogP contribution in [-0.2, 0) is 4.79 Å². The van der Waals surface area contributed by atoms with Gasteiger partial charge in [0, 0.05) is 6.54 Å². The maximum atomic E-state index is 11.4. The second-order valence-electron chi connectivity index (χ2n) is 4.30. The van der Waals surface area contributed by atoms with Crippen LogP contribution in [0.3, 0.4) is 0 Å². The van der Waals surface area contributed by atoms with Gasteiger partial charge in [0.25, 0.3) is 0 Å². The molecule has 0 heterocycles. The van der Waals surface area contributed by atoms with Crippen LogP contribution in [0.25, 0.3) is 0 Å². The van der Waals surface area contributed by atoms with Gasteiger partial charge in [0.15, 0.2) is 0 Å². The first-order chi connectivity index (χ1) is 6.95. The van der Waals surface area contributed by atoms with Crippen LogP contribution in [0.4, 0.5) is 0 Å². The predicted octanol–water partition coefficient (Wildman–Crippen LogP) is 1.85. The zero-order valence-electron chi connectivity index (χ0n) is 9.88. The number of carbonyl (C=O) groups is 1. The molecule has 0 radical (unpaired) electrons. The summed E-state index contributed by atoms with van der Waals surface area (Å²) in [5.41, 5.74) is 5.38. The Labute approximate surface area is 97.8 Å². The van der Waals surface area contributed by atoms with E-state index in [1.54, 1.807) is 6.92 Å². The van der Waals surface area contributed by atoms with Gasteiger partial charge in [0.1, 0.15) is 0 Å². The fourth-order valence-electron chi connectivity index (χ4n) is 1.17. The monoisotopic (exact) mass is 230 g/mol. The van der Waals surface area contributed by atoms with Gasteiger partial charge in [-0.25, -0.2) is 0 Å². The SMILES string of the molecule is CC(C)CCCCNC(=O)C(C)C(N)=S. The van der Waals surface area contributed by atoms with Crippen molar-refractivity contribution in [3.05, 3.63) is 0 Å². The van der Waals surface area contributed by atoms with Crippen LogP contribution in [0.1, 0.15) is 40.0 Å². The molecule has 1 amide bonds. The van der Waals surface area contributed by atoms with E-state index in [9.17, 15) is 4.79 Å². The first kappa shape index (κ1) is 14.4. The van der Waals surface area contributed by atoms with Crippen molar-refractivity contribution in [3.8, 4) is 0 Å². The highest BCUT2D eigenvalue weighted by molar-refractivity contribution is 7.80. The number of unbranched alkanes of at least 4 members (excludes halogenated alkanes) is 1. The number of carbonyl (C=O) groups excluding carboxylic acids is 1. The number of amides is 1. The molecule has 3 N–H and O–H groups in total. The molecule has 0 aromatic heterocycles. The van der Waals surface area contributed by atoms with Gasteiger partial charge < -0.3 is 11.1 Å². The van der Waals surface area contributed by atoms with Gasteiger partial charge in [0.2, 0.25) is 5.91 Å². The molecule has 0 aromatic carbocycles. The normalized spacial score (nSPS) is 12.5. The predicted molar refractivity (Wildman–Crippen MR) is 67.6 cm³/mol. The third-order valence-electron chi connectivity index (χ3n) is 2.33. The number of nitrogens with one attached hydrogen (secondary N) is 1. The molecule has 1 unspecified atom stereocenters. The van der Waals surface area contributed by atoms with Crippen molar-refractivity contribution >= 4 is 23.1 Å². The Bertz CT molecular complexity index is 217. The number of nitrogens with two attached hydrogens (primary N) is 1. The molecule has 1 atom stereocenters. The van der Waals surface area contributed by atoms with E-state index in [-0.39, 0.29) is 16.8 Å². The highest BCUT2D eigenvalue weighted by Crippen LogP contribution is 2.05. The van der Waals surface area contributed by atoms with Crippen molar-refractivity contribution in [1.82, 2.24) is 5.32 Å². The lowest BCUT2D eigenvalue weighted by Gasteiger charge is -2.10.